The van der Waals surface area contributed by atoms with E-state index in [2.05, 4.69) is 5.32 Å². The van der Waals surface area contributed by atoms with E-state index < -0.39 is 22.7 Å². The molecule has 1 amide bonds. The van der Waals surface area contributed by atoms with Gasteiger partial charge in [-0.2, -0.15) is 0 Å². The summed E-state index contributed by atoms with van der Waals surface area (Å²) in [5.74, 6) is -0.523. The third kappa shape index (κ3) is 3.34. The minimum atomic E-state index is -0.574. The molecule has 2 aromatic heterocycles. The maximum absolute atomic E-state index is 12.8. The third-order valence-electron chi connectivity index (χ3n) is 4.26. The summed E-state index contributed by atoms with van der Waals surface area (Å²) in [6, 6.07) is 1.16. The van der Waals surface area contributed by atoms with E-state index in [0.717, 1.165) is 10.6 Å². The minimum absolute atomic E-state index is 0.0186. The lowest BCUT2D eigenvalue weighted by Gasteiger charge is -2.16. The standard InChI is InChI=1S/C17H24N4O5/c1-5-20-12(22)10-11(14(23)18-8-7-9-26-4)13-15(20)19(3)17(25)21(6-2)16(13)24/h10H,5-9H2,1-4H3,(H,18,23). The molecule has 142 valence electrons. The highest BCUT2D eigenvalue weighted by Gasteiger charge is 2.21. The number of hydrogen-bond donors (Lipinski definition) is 1. The Morgan fingerprint density at radius 2 is 1.81 bits per heavy atom. The number of aryl methyl sites for hydroxylation is 2. The van der Waals surface area contributed by atoms with Gasteiger partial charge >= 0.3 is 5.69 Å². The van der Waals surface area contributed by atoms with E-state index in [1.807, 2.05) is 0 Å². The van der Waals surface area contributed by atoms with Crippen molar-refractivity contribution in [3.05, 3.63) is 42.8 Å². The number of nitrogens with zero attached hydrogens (tertiary/aromatic N) is 3. The third-order valence-corrected chi connectivity index (χ3v) is 4.26. The molecule has 0 bridgehead atoms. The Balaban J connectivity index is 2.78. The van der Waals surface area contributed by atoms with Crippen LogP contribution in [0.4, 0.5) is 0 Å². The van der Waals surface area contributed by atoms with Gasteiger partial charge in [-0.1, -0.05) is 0 Å². The van der Waals surface area contributed by atoms with Crippen molar-refractivity contribution in [1.29, 1.82) is 0 Å². The summed E-state index contributed by atoms with van der Waals surface area (Å²) in [5, 5.41) is 2.76. The molecule has 0 radical (unpaired) electrons. The summed E-state index contributed by atoms with van der Waals surface area (Å²) >= 11 is 0. The molecular formula is C17H24N4O5. The second-order valence-electron chi connectivity index (χ2n) is 5.83. The van der Waals surface area contributed by atoms with Crippen molar-refractivity contribution < 1.29 is 9.53 Å². The summed E-state index contributed by atoms with van der Waals surface area (Å²) in [6.45, 7) is 4.68. The zero-order chi connectivity index (χ0) is 19.4. The molecule has 0 aliphatic carbocycles. The first-order valence-corrected chi connectivity index (χ1v) is 8.53. The molecule has 2 heterocycles. The molecule has 0 aromatic carbocycles. The predicted molar refractivity (Wildman–Crippen MR) is 97.9 cm³/mol. The molecule has 0 saturated carbocycles. The van der Waals surface area contributed by atoms with Crippen molar-refractivity contribution in [2.45, 2.75) is 33.4 Å². The van der Waals surface area contributed by atoms with E-state index in [9.17, 15) is 19.2 Å². The molecule has 0 aliphatic heterocycles. The normalized spacial score (nSPS) is 11.1. The van der Waals surface area contributed by atoms with Crippen molar-refractivity contribution in [3.63, 3.8) is 0 Å². The summed E-state index contributed by atoms with van der Waals surface area (Å²) < 4.78 is 8.54. The fraction of sp³-hybridized carbons (Fsp3) is 0.529. The number of ether oxygens (including phenoxy) is 1. The lowest BCUT2D eigenvalue weighted by Crippen LogP contribution is -2.42. The number of amides is 1. The van der Waals surface area contributed by atoms with Gasteiger partial charge in [-0.05, 0) is 20.3 Å². The van der Waals surface area contributed by atoms with Crippen LogP contribution in [0, 0.1) is 0 Å². The minimum Gasteiger partial charge on any atom is -0.385 e. The molecule has 0 aliphatic rings. The molecule has 0 fully saturated rings. The van der Waals surface area contributed by atoms with Gasteiger partial charge in [0, 0.05) is 46.5 Å². The first kappa shape index (κ1) is 19.6. The number of hydrogen-bond acceptors (Lipinski definition) is 5. The zero-order valence-electron chi connectivity index (χ0n) is 15.5. The monoisotopic (exact) mass is 364 g/mol. The molecule has 0 atom stereocenters. The van der Waals surface area contributed by atoms with Gasteiger partial charge in [0.1, 0.15) is 5.65 Å². The number of carbonyl (C=O) groups excluding carboxylic acids is 1. The molecular weight excluding hydrogens is 340 g/mol. The predicted octanol–water partition coefficient (Wildman–Crippen LogP) is -0.332. The first-order chi connectivity index (χ1) is 12.4. The average molecular weight is 364 g/mol. The van der Waals surface area contributed by atoms with Crippen LogP contribution in [-0.4, -0.2) is 39.9 Å². The zero-order valence-corrected chi connectivity index (χ0v) is 15.5. The number of aromatic nitrogens is 3. The van der Waals surface area contributed by atoms with Gasteiger partial charge in [0.05, 0.1) is 10.9 Å². The Morgan fingerprint density at radius 1 is 1.15 bits per heavy atom. The highest BCUT2D eigenvalue weighted by atomic mass is 16.5. The lowest BCUT2D eigenvalue weighted by molar-refractivity contribution is 0.0950. The highest BCUT2D eigenvalue weighted by molar-refractivity contribution is 6.05. The van der Waals surface area contributed by atoms with E-state index in [1.54, 1.807) is 21.0 Å². The van der Waals surface area contributed by atoms with Gasteiger partial charge in [-0.25, -0.2) is 4.79 Å². The van der Waals surface area contributed by atoms with Gasteiger partial charge in [0.2, 0.25) is 0 Å². The fourth-order valence-electron chi connectivity index (χ4n) is 2.96. The van der Waals surface area contributed by atoms with Crippen LogP contribution in [0.5, 0.6) is 0 Å². The second kappa shape index (κ2) is 8.13. The van der Waals surface area contributed by atoms with Crippen LogP contribution in [-0.2, 0) is 24.9 Å². The number of fused-ring (bicyclic) bond motifs is 1. The van der Waals surface area contributed by atoms with Crippen molar-refractivity contribution in [2.24, 2.45) is 7.05 Å². The summed E-state index contributed by atoms with van der Waals surface area (Å²) in [7, 11) is 3.05. The Kier molecular flexibility index (Phi) is 6.14. The number of rotatable bonds is 7. The smallest absolute Gasteiger partial charge is 0.332 e. The molecule has 0 spiro atoms. The number of methoxy groups -OCH3 is 1. The van der Waals surface area contributed by atoms with E-state index in [0.29, 0.717) is 19.6 Å². The van der Waals surface area contributed by atoms with E-state index in [4.69, 9.17) is 4.74 Å². The molecule has 2 rings (SSSR count). The average Bonchev–Trinajstić information content (AvgIpc) is 2.62. The molecule has 0 saturated heterocycles. The molecule has 2 aromatic rings. The van der Waals surface area contributed by atoms with Crippen LogP contribution >= 0.6 is 0 Å². The molecule has 26 heavy (non-hydrogen) atoms. The highest BCUT2D eigenvalue weighted by Crippen LogP contribution is 2.12. The van der Waals surface area contributed by atoms with Gasteiger partial charge in [0.25, 0.3) is 17.0 Å². The van der Waals surface area contributed by atoms with Crippen LogP contribution in [0.25, 0.3) is 11.0 Å². The number of carbonyl (C=O) groups is 1. The van der Waals surface area contributed by atoms with Crippen molar-refractivity contribution in [3.8, 4) is 0 Å². The van der Waals surface area contributed by atoms with Crippen LogP contribution in [0.15, 0.2) is 20.4 Å². The summed E-state index contributed by atoms with van der Waals surface area (Å²) in [6.07, 6.45) is 0.601. The summed E-state index contributed by atoms with van der Waals surface area (Å²) in [4.78, 5) is 50.3. The Hall–Kier alpha value is -2.68. The van der Waals surface area contributed by atoms with Crippen molar-refractivity contribution >= 4 is 16.9 Å². The Morgan fingerprint density at radius 3 is 2.38 bits per heavy atom. The van der Waals surface area contributed by atoms with Crippen LogP contribution in [0.3, 0.4) is 0 Å². The molecule has 9 nitrogen and oxygen atoms in total. The summed E-state index contributed by atoms with van der Waals surface area (Å²) in [5.41, 5.74) is -1.40. The van der Waals surface area contributed by atoms with Crippen LogP contribution < -0.4 is 22.1 Å². The van der Waals surface area contributed by atoms with Crippen LogP contribution in [0.1, 0.15) is 30.6 Å². The lowest BCUT2D eigenvalue weighted by atomic mass is 10.1. The quantitative estimate of drug-likeness (QED) is 0.678. The molecule has 0 unspecified atom stereocenters. The van der Waals surface area contributed by atoms with Gasteiger partial charge in [-0.3, -0.25) is 28.1 Å². The van der Waals surface area contributed by atoms with E-state index in [-0.39, 0.29) is 29.7 Å². The van der Waals surface area contributed by atoms with Gasteiger partial charge in [-0.15, -0.1) is 0 Å². The van der Waals surface area contributed by atoms with Gasteiger partial charge < -0.3 is 10.1 Å². The van der Waals surface area contributed by atoms with Crippen LogP contribution in [0.2, 0.25) is 0 Å². The van der Waals surface area contributed by atoms with Crippen molar-refractivity contribution in [2.75, 3.05) is 20.3 Å². The Bertz CT molecular complexity index is 999. The van der Waals surface area contributed by atoms with Crippen molar-refractivity contribution in [1.82, 2.24) is 19.0 Å². The van der Waals surface area contributed by atoms with E-state index in [1.165, 1.54) is 16.2 Å². The molecule has 9 heteroatoms. The topological polar surface area (TPSA) is 104 Å². The maximum atomic E-state index is 12.8. The number of pyridine rings is 1. The van der Waals surface area contributed by atoms with Gasteiger partial charge in [0.15, 0.2) is 0 Å². The Labute approximate surface area is 149 Å². The SMILES string of the molecule is CCn1c(=O)c2c(C(=O)NCCCOC)cc(=O)n(CC)c2n(C)c1=O. The molecule has 1 N–H and O–H groups in total. The second-order valence-corrected chi connectivity index (χ2v) is 5.83. The first-order valence-electron chi connectivity index (χ1n) is 8.53. The maximum Gasteiger partial charge on any atom is 0.332 e. The fourth-order valence-corrected chi connectivity index (χ4v) is 2.96. The van der Waals surface area contributed by atoms with E-state index >= 15 is 0 Å². The largest absolute Gasteiger partial charge is 0.385 e. The number of nitrogens with one attached hydrogen (secondary N) is 1.